The largest absolute Gasteiger partial charge is 0.490 e. The third-order valence-electron chi connectivity index (χ3n) is 3.46. The van der Waals surface area contributed by atoms with Gasteiger partial charge in [-0.2, -0.15) is 18.3 Å². The lowest BCUT2D eigenvalue weighted by atomic mass is 10.1. The Hall–Kier alpha value is -3.53. The van der Waals surface area contributed by atoms with Crippen LogP contribution >= 0.6 is 11.6 Å². The molecule has 1 aromatic heterocycles. The van der Waals surface area contributed by atoms with Crippen molar-refractivity contribution in [1.82, 2.24) is 10.2 Å². The first-order valence-electron chi connectivity index (χ1n) is 8.22. The van der Waals surface area contributed by atoms with E-state index in [0.29, 0.717) is 10.7 Å². The predicted octanol–water partition coefficient (Wildman–Crippen LogP) is 5.11. The number of hydrogen-bond donors (Lipinski definition) is 3. The van der Waals surface area contributed by atoms with Crippen LogP contribution in [0.3, 0.4) is 0 Å². The third kappa shape index (κ3) is 7.47. The van der Waals surface area contributed by atoms with E-state index in [0.717, 1.165) is 16.7 Å². The van der Waals surface area contributed by atoms with E-state index < -0.39 is 18.2 Å². The van der Waals surface area contributed by atoms with Gasteiger partial charge in [-0.3, -0.25) is 10.4 Å². The quantitative estimate of drug-likeness (QED) is 0.521. The lowest BCUT2D eigenvalue weighted by Crippen LogP contribution is -2.21. The summed E-state index contributed by atoms with van der Waals surface area (Å²) >= 11 is 5.88. The molecule has 0 spiro atoms. The van der Waals surface area contributed by atoms with Crippen molar-refractivity contribution < 1.29 is 32.6 Å². The molecule has 0 unspecified atom stereocenters. The first-order chi connectivity index (χ1) is 14.1. The lowest BCUT2D eigenvalue weighted by molar-refractivity contribution is -0.192. The number of nitrogens with one attached hydrogen (secondary N) is 2. The number of H-pyrrole nitrogens is 1. The minimum atomic E-state index is -5.08. The maximum Gasteiger partial charge on any atom is 0.490 e. The van der Waals surface area contributed by atoms with Crippen LogP contribution in [0.15, 0.2) is 60.9 Å². The monoisotopic (exact) mass is 441 g/mol. The van der Waals surface area contributed by atoms with E-state index in [4.69, 9.17) is 26.2 Å². The van der Waals surface area contributed by atoms with Gasteiger partial charge in [0.1, 0.15) is 6.61 Å². The molecule has 0 aliphatic heterocycles. The van der Waals surface area contributed by atoms with Crippen LogP contribution in [0.1, 0.15) is 5.56 Å². The number of aromatic amines is 1. The molecule has 0 saturated carbocycles. The number of amides is 1. The third-order valence-corrected chi connectivity index (χ3v) is 3.70. The number of aliphatic carboxylic acids is 1. The maximum absolute atomic E-state index is 11.8. The van der Waals surface area contributed by atoms with Gasteiger partial charge in [0.25, 0.3) is 0 Å². The van der Waals surface area contributed by atoms with Gasteiger partial charge in [-0.05, 0) is 35.4 Å². The average Bonchev–Trinajstić information content (AvgIpc) is 3.22. The van der Waals surface area contributed by atoms with Gasteiger partial charge in [0.05, 0.1) is 6.20 Å². The number of hydrogen-bond acceptors (Lipinski definition) is 4. The molecule has 7 nitrogen and oxygen atoms in total. The lowest BCUT2D eigenvalue weighted by Gasteiger charge is -2.08. The molecule has 158 valence electrons. The summed E-state index contributed by atoms with van der Waals surface area (Å²) in [5.41, 5.74) is 3.49. The number of carboxylic acids is 1. The van der Waals surface area contributed by atoms with Gasteiger partial charge in [-0.1, -0.05) is 35.9 Å². The molecular formula is C19H15ClF3N3O4. The number of halogens is 4. The van der Waals surface area contributed by atoms with E-state index in [1.54, 1.807) is 18.3 Å². The minimum Gasteiger partial charge on any atom is -0.475 e. The van der Waals surface area contributed by atoms with Gasteiger partial charge in [0, 0.05) is 22.5 Å². The highest BCUT2D eigenvalue weighted by Gasteiger charge is 2.38. The van der Waals surface area contributed by atoms with Crippen molar-refractivity contribution >= 4 is 29.4 Å². The molecule has 0 bridgehead atoms. The van der Waals surface area contributed by atoms with E-state index in [9.17, 15) is 18.0 Å². The summed E-state index contributed by atoms with van der Waals surface area (Å²) < 4.78 is 36.9. The highest BCUT2D eigenvalue weighted by molar-refractivity contribution is 6.30. The number of rotatable bonds is 4. The van der Waals surface area contributed by atoms with Crippen LogP contribution in [0, 0.1) is 0 Å². The molecule has 3 rings (SSSR count). The van der Waals surface area contributed by atoms with Gasteiger partial charge < -0.3 is 9.84 Å². The Balaban J connectivity index is 0.000000396. The van der Waals surface area contributed by atoms with Crippen molar-refractivity contribution in [2.75, 3.05) is 5.32 Å². The Morgan fingerprint density at radius 2 is 1.80 bits per heavy atom. The maximum atomic E-state index is 11.8. The van der Waals surface area contributed by atoms with E-state index >= 15 is 0 Å². The van der Waals surface area contributed by atoms with E-state index in [1.165, 1.54) is 0 Å². The fourth-order valence-corrected chi connectivity index (χ4v) is 2.30. The van der Waals surface area contributed by atoms with E-state index in [1.807, 2.05) is 42.6 Å². The van der Waals surface area contributed by atoms with Crippen LogP contribution in [0.2, 0.25) is 5.02 Å². The second-order valence-electron chi connectivity index (χ2n) is 5.70. The number of carbonyl (C=O) groups excluding carboxylic acids is 1. The number of carboxylic acid groups (broad SMARTS) is 1. The smallest absolute Gasteiger partial charge is 0.475 e. The molecule has 3 N–H and O–H groups in total. The summed E-state index contributed by atoms with van der Waals surface area (Å²) in [7, 11) is 0. The second-order valence-corrected chi connectivity index (χ2v) is 6.13. The first kappa shape index (κ1) is 22.8. The molecule has 0 saturated heterocycles. The molecule has 1 amide bonds. The molecule has 0 radical (unpaired) electrons. The predicted molar refractivity (Wildman–Crippen MR) is 103 cm³/mol. The van der Waals surface area contributed by atoms with Crippen molar-refractivity contribution in [3.63, 3.8) is 0 Å². The number of anilines is 1. The standard InChI is InChI=1S/C17H14ClN3O2.C2HF3O2/c18-15-3-1-2-12(8-15)11-23-17(22)21-16-6-4-13(5-7-16)14-9-19-20-10-14;3-2(4,5)1(6)7/h1-10H,11H2,(H,19,20)(H,21,22);(H,6,7). The molecule has 0 fully saturated rings. The molecule has 1 heterocycles. The zero-order valence-electron chi connectivity index (χ0n) is 15.1. The number of aromatic nitrogens is 2. The van der Waals surface area contributed by atoms with Crippen LogP contribution in [0.25, 0.3) is 11.1 Å². The van der Waals surface area contributed by atoms with Crippen LogP contribution in [-0.4, -0.2) is 33.5 Å². The molecule has 30 heavy (non-hydrogen) atoms. The molecule has 11 heteroatoms. The van der Waals surface area contributed by atoms with E-state index in [-0.39, 0.29) is 6.61 Å². The highest BCUT2D eigenvalue weighted by atomic mass is 35.5. The Morgan fingerprint density at radius 1 is 1.13 bits per heavy atom. The minimum absolute atomic E-state index is 0.166. The second kappa shape index (κ2) is 10.3. The van der Waals surface area contributed by atoms with Gasteiger partial charge in [0.15, 0.2) is 0 Å². The first-order valence-corrected chi connectivity index (χ1v) is 8.60. The van der Waals surface area contributed by atoms with Gasteiger partial charge in [0.2, 0.25) is 0 Å². The molecule has 3 aromatic rings. The zero-order chi connectivity index (χ0) is 22.1. The van der Waals surface area contributed by atoms with Crippen LogP contribution in [0.5, 0.6) is 0 Å². The SMILES string of the molecule is O=C(Nc1ccc(-c2cn[nH]c2)cc1)OCc1cccc(Cl)c1.O=C(O)C(F)(F)F. The summed E-state index contributed by atoms with van der Waals surface area (Å²) in [4.78, 5) is 20.7. The molecule has 0 aliphatic rings. The van der Waals surface area contributed by atoms with Crippen LogP contribution in [0.4, 0.5) is 23.7 Å². The Labute approximate surface area is 173 Å². The van der Waals surface area contributed by atoms with Crippen molar-refractivity contribution in [3.8, 4) is 11.1 Å². The number of carbonyl (C=O) groups is 2. The topological polar surface area (TPSA) is 104 Å². The summed E-state index contributed by atoms with van der Waals surface area (Å²) in [5.74, 6) is -2.76. The summed E-state index contributed by atoms with van der Waals surface area (Å²) in [6, 6.07) is 14.6. The summed E-state index contributed by atoms with van der Waals surface area (Å²) in [5, 5.41) is 17.1. The van der Waals surface area contributed by atoms with Gasteiger partial charge in [-0.25, -0.2) is 9.59 Å². The Kier molecular flexibility index (Phi) is 7.82. The Bertz CT molecular complexity index is 977. The molecule has 0 atom stereocenters. The fraction of sp³-hybridized carbons (Fsp3) is 0.105. The van der Waals surface area contributed by atoms with E-state index in [2.05, 4.69) is 15.5 Å². The van der Waals surface area contributed by atoms with Crippen molar-refractivity contribution in [3.05, 3.63) is 71.5 Å². The van der Waals surface area contributed by atoms with Gasteiger partial charge in [-0.15, -0.1) is 0 Å². The Morgan fingerprint density at radius 3 is 2.33 bits per heavy atom. The highest BCUT2D eigenvalue weighted by Crippen LogP contribution is 2.20. The number of nitrogens with zero attached hydrogens (tertiary/aromatic N) is 1. The average molecular weight is 442 g/mol. The summed E-state index contributed by atoms with van der Waals surface area (Å²) in [6.07, 6.45) is -2.05. The molecule has 2 aromatic carbocycles. The number of benzene rings is 2. The van der Waals surface area contributed by atoms with Crippen LogP contribution in [-0.2, 0) is 16.1 Å². The van der Waals surface area contributed by atoms with Crippen molar-refractivity contribution in [2.45, 2.75) is 12.8 Å². The number of alkyl halides is 3. The normalized spacial score (nSPS) is 10.5. The number of ether oxygens (including phenoxy) is 1. The zero-order valence-corrected chi connectivity index (χ0v) is 15.9. The molecular weight excluding hydrogens is 427 g/mol. The van der Waals surface area contributed by atoms with Crippen LogP contribution < -0.4 is 5.32 Å². The van der Waals surface area contributed by atoms with Crippen molar-refractivity contribution in [2.24, 2.45) is 0 Å². The fourth-order valence-electron chi connectivity index (χ4n) is 2.08. The molecule has 0 aliphatic carbocycles. The summed E-state index contributed by atoms with van der Waals surface area (Å²) in [6.45, 7) is 0.166. The van der Waals surface area contributed by atoms with Gasteiger partial charge >= 0.3 is 18.2 Å². The van der Waals surface area contributed by atoms with Crippen molar-refractivity contribution in [1.29, 1.82) is 0 Å².